The van der Waals surface area contributed by atoms with E-state index in [4.69, 9.17) is 17.4 Å². The Kier molecular flexibility index (Phi) is 6.92. The van der Waals surface area contributed by atoms with E-state index in [1.807, 2.05) is 5.43 Å². The quantitative estimate of drug-likeness (QED) is 0.306. The molecule has 0 saturated heterocycles. The fourth-order valence-electron chi connectivity index (χ4n) is 2.15. The van der Waals surface area contributed by atoms with Crippen LogP contribution in [-0.2, 0) is 21.4 Å². The van der Waals surface area contributed by atoms with E-state index in [0.29, 0.717) is 16.1 Å². The van der Waals surface area contributed by atoms with Crippen LogP contribution < -0.4 is 21.3 Å². The third-order valence-corrected chi connectivity index (χ3v) is 5.47. The molecule has 8 nitrogen and oxygen atoms in total. The summed E-state index contributed by atoms with van der Waals surface area (Å²) in [7, 11) is -3.88. The maximum Gasteiger partial charge on any atom is 0.251 e. The molecule has 5 N–H and O–H groups in total. The van der Waals surface area contributed by atoms with Crippen molar-refractivity contribution in [2.45, 2.75) is 24.4 Å². The summed E-state index contributed by atoms with van der Waals surface area (Å²) in [4.78, 5) is 23.4. The second-order valence-electron chi connectivity index (χ2n) is 5.69. The topological polar surface area (TPSA) is 130 Å². The van der Waals surface area contributed by atoms with Gasteiger partial charge >= 0.3 is 0 Å². The Labute approximate surface area is 162 Å². The summed E-state index contributed by atoms with van der Waals surface area (Å²) in [6.07, 6.45) is 0. The smallest absolute Gasteiger partial charge is 0.251 e. The molecule has 0 radical (unpaired) electrons. The number of hydrogen-bond acceptors (Lipinski definition) is 5. The summed E-state index contributed by atoms with van der Waals surface area (Å²) >= 11 is 5.78. The van der Waals surface area contributed by atoms with Crippen LogP contribution in [0.1, 0.15) is 22.8 Å². The second kappa shape index (κ2) is 8.96. The van der Waals surface area contributed by atoms with Gasteiger partial charge in [-0.3, -0.25) is 15.0 Å². The molecule has 0 bridgehead atoms. The van der Waals surface area contributed by atoms with Gasteiger partial charge in [0.2, 0.25) is 10.0 Å². The molecule has 2 rings (SSSR count). The number of halogens is 1. The lowest BCUT2D eigenvalue weighted by Gasteiger charge is -2.13. The molecular formula is C17H19ClN4O4S. The highest BCUT2D eigenvalue weighted by Gasteiger charge is 2.21. The Hall–Kier alpha value is -2.46. The molecule has 0 heterocycles. The number of hydrazine groups is 1. The van der Waals surface area contributed by atoms with Gasteiger partial charge in [0.25, 0.3) is 11.8 Å². The maximum atomic E-state index is 12.2. The molecule has 2 amide bonds. The number of nitrogens with two attached hydrogens (primary N) is 1. The summed E-state index contributed by atoms with van der Waals surface area (Å²) in [5, 5.41) is 3.27. The molecular weight excluding hydrogens is 392 g/mol. The highest BCUT2D eigenvalue weighted by Crippen LogP contribution is 2.12. The zero-order valence-electron chi connectivity index (χ0n) is 14.4. The highest BCUT2D eigenvalue weighted by molar-refractivity contribution is 7.89. The van der Waals surface area contributed by atoms with Gasteiger partial charge in [0, 0.05) is 17.1 Å². The fourth-order valence-corrected chi connectivity index (χ4v) is 3.48. The Morgan fingerprint density at radius 3 is 2.22 bits per heavy atom. The first-order valence-corrected chi connectivity index (χ1v) is 9.74. The second-order valence-corrected chi connectivity index (χ2v) is 7.84. The molecule has 27 heavy (non-hydrogen) atoms. The average molecular weight is 411 g/mol. The molecule has 0 aliphatic rings. The lowest BCUT2D eigenvalue weighted by molar-refractivity contribution is -0.122. The molecule has 0 fully saturated rings. The van der Waals surface area contributed by atoms with Crippen LogP contribution in [0.25, 0.3) is 0 Å². The monoisotopic (exact) mass is 410 g/mol. The Morgan fingerprint density at radius 2 is 1.67 bits per heavy atom. The number of carbonyl (C=O) groups is 2. The zero-order chi connectivity index (χ0) is 20.0. The van der Waals surface area contributed by atoms with E-state index >= 15 is 0 Å². The minimum Gasteiger partial charge on any atom is -0.348 e. The van der Waals surface area contributed by atoms with Crippen molar-refractivity contribution in [3.63, 3.8) is 0 Å². The van der Waals surface area contributed by atoms with E-state index < -0.39 is 22.0 Å². The maximum absolute atomic E-state index is 12.2. The van der Waals surface area contributed by atoms with Crippen LogP contribution in [0.2, 0.25) is 5.02 Å². The largest absolute Gasteiger partial charge is 0.348 e. The minimum absolute atomic E-state index is 0.00745. The fraction of sp³-hybridized carbons (Fsp3) is 0.176. The Balaban J connectivity index is 1.99. The molecule has 0 aromatic heterocycles. The van der Waals surface area contributed by atoms with Gasteiger partial charge in [-0.15, -0.1) is 0 Å². The van der Waals surface area contributed by atoms with Crippen molar-refractivity contribution in [3.05, 3.63) is 64.7 Å². The molecule has 0 spiro atoms. The van der Waals surface area contributed by atoms with Crippen LogP contribution in [0, 0.1) is 0 Å². The van der Waals surface area contributed by atoms with E-state index in [1.165, 1.54) is 19.1 Å². The molecule has 10 heteroatoms. The molecule has 2 aromatic rings. The van der Waals surface area contributed by atoms with Gasteiger partial charge in [-0.05, 0) is 48.9 Å². The molecule has 144 valence electrons. The summed E-state index contributed by atoms with van der Waals surface area (Å²) in [5.41, 5.74) is 3.06. The first-order valence-electron chi connectivity index (χ1n) is 7.88. The third kappa shape index (κ3) is 5.76. The number of hydrogen-bond donors (Lipinski definition) is 4. The minimum atomic E-state index is -3.88. The first kappa shape index (κ1) is 20.8. The SMILES string of the molecule is C[C@H](NS(=O)(=O)c1ccc(CNC(=O)c2ccc(Cl)cc2)cc1)C(=O)NN. The highest BCUT2D eigenvalue weighted by atomic mass is 35.5. The normalized spacial score (nSPS) is 12.3. The summed E-state index contributed by atoms with van der Waals surface area (Å²) in [5.74, 6) is 4.06. The van der Waals surface area contributed by atoms with E-state index in [0.717, 1.165) is 0 Å². The number of benzene rings is 2. The third-order valence-electron chi connectivity index (χ3n) is 3.66. The van der Waals surface area contributed by atoms with E-state index in [-0.39, 0.29) is 17.3 Å². The van der Waals surface area contributed by atoms with Crippen molar-refractivity contribution in [3.8, 4) is 0 Å². The van der Waals surface area contributed by atoms with Gasteiger partial charge in [0.1, 0.15) is 0 Å². The molecule has 0 aliphatic heterocycles. The van der Waals surface area contributed by atoms with E-state index in [9.17, 15) is 18.0 Å². The van der Waals surface area contributed by atoms with Gasteiger partial charge in [0.15, 0.2) is 0 Å². The van der Waals surface area contributed by atoms with Crippen molar-refractivity contribution in [2.24, 2.45) is 5.84 Å². The summed E-state index contributed by atoms with van der Waals surface area (Å²) in [6.45, 7) is 1.60. The van der Waals surface area contributed by atoms with Crippen molar-refractivity contribution in [1.82, 2.24) is 15.5 Å². The van der Waals surface area contributed by atoms with Crippen LogP contribution in [0.5, 0.6) is 0 Å². The van der Waals surface area contributed by atoms with Crippen molar-refractivity contribution in [1.29, 1.82) is 0 Å². The number of sulfonamides is 1. The lowest BCUT2D eigenvalue weighted by atomic mass is 10.2. The number of rotatable bonds is 7. The number of nitrogens with one attached hydrogen (secondary N) is 3. The van der Waals surface area contributed by atoms with Crippen LogP contribution in [0.4, 0.5) is 0 Å². The predicted molar refractivity (Wildman–Crippen MR) is 101 cm³/mol. The van der Waals surface area contributed by atoms with Crippen LogP contribution in [0.15, 0.2) is 53.4 Å². The standard InChI is InChI=1S/C17H19ClN4O4S/c1-11(16(23)21-19)22-27(25,26)15-8-2-12(3-9-15)10-20-17(24)13-4-6-14(18)7-5-13/h2-9,11,22H,10,19H2,1H3,(H,20,24)(H,21,23)/t11-/m0/s1. The van der Waals surface area contributed by atoms with Crippen LogP contribution in [-0.4, -0.2) is 26.3 Å². The van der Waals surface area contributed by atoms with Crippen molar-refractivity contribution in [2.75, 3.05) is 0 Å². The van der Waals surface area contributed by atoms with E-state index in [1.54, 1.807) is 36.4 Å². The molecule has 2 aromatic carbocycles. The van der Waals surface area contributed by atoms with Gasteiger partial charge in [0.05, 0.1) is 10.9 Å². The lowest BCUT2D eigenvalue weighted by Crippen LogP contribution is -2.47. The average Bonchev–Trinajstić information content (AvgIpc) is 2.66. The van der Waals surface area contributed by atoms with Gasteiger partial charge in [-0.2, -0.15) is 4.72 Å². The zero-order valence-corrected chi connectivity index (χ0v) is 16.0. The van der Waals surface area contributed by atoms with E-state index in [2.05, 4.69) is 10.0 Å². The van der Waals surface area contributed by atoms with Crippen molar-refractivity contribution < 1.29 is 18.0 Å². The van der Waals surface area contributed by atoms with Crippen LogP contribution >= 0.6 is 11.6 Å². The molecule has 0 saturated carbocycles. The first-order chi connectivity index (χ1) is 12.7. The number of carbonyl (C=O) groups excluding carboxylic acids is 2. The van der Waals surface area contributed by atoms with Crippen molar-refractivity contribution >= 4 is 33.4 Å². The number of amides is 2. The molecule has 0 unspecified atom stereocenters. The van der Waals surface area contributed by atoms with Gasteiger partial charge in [-0.1, -0.05) is 23.7 Å². The van der Waals surface area contributed by atoms with Gasteiger partial charge in [-0.25, -0.2) is 14.3 Å². The predicted octanol–water partition coefficient (Wildman–Crippen LogP) is 0.927. The van der Waals surface area contributed by atoms with Gasteiger partial charge < -0.3 is 5.32 Å². The summed E-state index contributed by atoms with van der Waals surface area (Å²) in [6, 6.07) is 11.4. The Morgan fingerprint density at radius 1 is 1.07 bits per heavy atom. The molecule has 0 aliphatic carbocycles. The van der Waals surface area contributed by atoms with Crippen LogP contribution in [0.3, 0.4) is 0 Å². The Bertz CT molecular complexity index is 915. The molecule has 1 atom stereocenters. The summed E-state index contributed by atoms with van der Waals surface area (Å²) < 4.78 is 26.7.